The van der Waals surface area contributed by atoms with Crippen LogP contribution in [0.2, 0.25) is 0 Å². The molecule has 0 fully saturated rings. The number of aromatic nitrogens is 2. The minimum atomic E-state index is 0.402. The molecule has 0 radical (unpaired) electrons. The Morgan fingerprint density at radius 1 is 1.56 bits per heavy atom. The molecule has 0 amide bonds. The molecule has 2 rings (SSSR count). The van der Waals surface area contributed by atoms with Crippen LogP contribution in [0.5, 0.6) is 0 Å². The van der Waals surface area contributed by atoms with E-state index in [1.165, 1.54) is 17.0 Å². The third-order valence-electron chi connectivity index (χ3n) is 3.31. The fourth-order valence-electron chi connectivity index (χ4n) is 2.10. The van der Waals surface area contributed by atoms with E-state index in [0.717, 1.165) is 17.2 Å². The topological polar surface area (TPSA) is 29.3 Å². The van der Waals surface area contributed by atoms with E-state index in [9.17, 15) is 0 Å². The van der Waals surface area contributed by atoms with Gasteiger partial charge in [-0.15, -0.1) is 11.3 Å². The smallest absolute Gasteiger partial charge is 0.194 e. The SMILES string of the molecule is CCNC(C)/C(C)=C/c1c(C)nc2scc(C)n12. The summed E-state index contributed by atoms with van der Waals surface area (Å²) < 4.78 is 2.24. The first-order valence-corrected chi connectivity index (χ1v) is 7.27. The molecule has 0 saturated heterocycles. The molecule has 2 aromatic heterocycles. The van der Waals surface area contributed by atoms with Gasteiger partial charge in [0.1, 0.15) is 0 Å². The summed E-state index contributed by atoms with van der Waals surface area (Å²) in [7, 11) is 0. The van der Waals surface area contributed by atoms with Crippen LogP contribution in [0.4, 0.5) is 0 Å². The first kappa shape index (κ1) is 13.3. The van der Waals surface area contributed by atoms with Gasteiger partial charge >= 0.3 is 0 Å². The lowest BCUT2D eigenvalue weighted by molar-refractivity contribution is 0.636. The van der Waals surface area contributed by atoms with Crippen molar-refractivity contribution in [1.82, 2.24) is 14.7 Å². The molecule has 2 aromatic rings. The van der Waals surface area contributed by atoms with Gasteiger partial charge in [0.05, 0.1) is 11.4 Å². The highest BCUT2D eigenvalue weighted by atomic mass is 32.1. The molecular formula is C14H21N3S. The van der Waals surface area contributed by atoms with Crippen LogP contribution >= 0.6 is 11.3 Å². The Kier molecular flexibility index (Phi) is 3.88. The number of nitrogens with zero attached hydrogens (tertiary/aromatic N) is 2. The van der Waals surface area contributed by atoms with E-state index in [4.69, 9.17) is 0 Å². The van der Waals surface area contributed by atoms with Crippen LogP contribution in [0.3, 0.4) is 0 Å². The van der Waals surface area contributed by atoms with Crippen molar-refractivity contribution in [2.24, 2.45) is 0 Å². The predicted octanol–water partition coefficient (Wildman–Crippen LogP) is 3.41. The number of hydrogen-bond donors (Lipinski definition) is 1. The van der Waals surface area contributed by atoms with Crippen molar-refractivity contribution in [3.8, 4) is 0 Å². The lowest BCUT2D eigenvalue weighted by Gasteiger charge is -2.13. The summed E-state index contributed by atoms with van der Waals surface area (Å²) in [5, 5.41) is 5.59. The minimum Gasteiger partial charge on any atom is -0.311 e. The molecule has 0 aliphatic heterocycles. The fourth-order valence-corrected chi connectivity index (χ4v) is 3.02. The van der Waals surface area contributed by atoms with Gasteiger partial charge in [0.15, 0.2) is 4.96 Å². The van der Waals surface area contributed by atoms with Gasteiger partial charge < -0.3 is 5.32 Å². The number of rotatable bonds is 4. The predicted molar refractivity (Wildman–Crippen MR) is 79.3 cm³/mol. The highest BCUT2D eigenvalue weighted by Gasteiger charge is 2.11. The van der Waals surface area contributed by atoms with E-state index >= 15 is 0 Å². The van der Waals surface area contributed by atoms with Gasteiger partial charge in [-0.25, -0.2) is 4.98 Å². The van der Waals surface area contributed by atoms with Crippen LogP contribution in [0, 0.1) is 13.8 Å². The molecule has 4 heteroatoms. The summed E-state index contributed by atoms with van der Waals surface area (Å²) in [6.45, 7) is 11.7. The van der Waals surface area contributed by atoms with E-state index in [0.29, 0.717) is 6.04 Å². The normalized spacial score (nSPS) is 14.4. The van der Waals surface area contributed by atoms with Crippen molar-refractivity contribution in [2.45, 2.75) is 40.7 Å². The van der Waals surface area contributed by atoms with E-state index in [1.807, 2.05) is 0 Å². The monoisotopic (exact) mass is 263 g/mol. The van der Waals surface area contributed by atoms with Crippen LogP contribution in [0.15, 0.2) is 11.0 Å². The first-order chi connectivity index (χ1) is 8.54. The second-order valence-electron chi connectivity index (χ2n) is 4.75. The van der Waals surface area contributed by atoms with E-state index in [1.54, 1.807) is 11.3 Å². The van der Waals surface area contributed by atoms with Crippen molar-refractivity contribution >= 4 is 22.4 Å². The Labute approximate surface area is 113 Å². The Morgan fingerprint density at radius 2 is 2.28 bits per heavy atom. The highest BCUT2D eigenvalue weighted by molar-refractivity contribution is 7.15. The molecule has 0 aliphatic rings. The number of fused-ring (bicyclic) bond motifs is 1. The molecule has 0 spiro atoms. The molecule has 2 heterocycles. The maximum atomic E-state index is 4.61. The molecule has 0 aliphatic carbocycles. The van der Waals surface area contributed by atoms with Crippen molar-refractivity contribution in [3.05, 3.63) is 28.0 Å². The fraction of sp³-hybridized carbons (Fsp3) is 0.500. The molecule has 18 heavy (non-hydrogen) atoms. The van der Waals surface area contributed by atoms with Gasteiger partial charge in [0, 0.05) is 17.1 Å². The standard InChI is InChI=1S/C14H21N3S/c1-6-15-11(4)9(2)7-13-12(5)16-14-17(13)10(3)8-18-14/h7-8,11,15H,6H2,1-5H3/b9-7+. The summed E-state index contributed by atoms with van der Waals surface area (Å²) in [6, 6.07) is 0.402. The lowest BCUT2D eigenvalue weighted by atomic mass is 10.1. The molecule has 0 bridgehead atoms. The maximum Gasteiger partial charge on any atom is 0.194 e. The number of imidazole rings is 1. The van der Waals surface area contributed by atoms with Crippen LogP contribution in [-0.2, 0) is 0 Å². The molecular weight excluding hydrogens is 242 g/mol. The summed E-state index contributed by atoms with van der Waals surface area (Å²) in [5.74, 6) is 0. The zero-order valence-corrected chi connectivity index (χ0v) is 12.6. The number of thiazole rings is 1. The molecule has 3 nitrogen and oxygen atoms in total. The minimum absolute atomic E-state index is 0.402. The molecule has 1 unspecified atom stereocenters. The van der Waals surface area contributed by atoms with Gasteiger partial charge in [-0.1, -0.05) is 12.5 Å². The van der Waals surface area contributed by atoms with Crippen LogP contribution in [0.25, 0.3) is 11.0 Å². The second kappa shape index (κ2) is 5.24. The molecule has 1 N–H and O–H groups in total. The van der Waals surface area contributed by atoms with Gasteiger partial charge in [0.25, 0.3) is 0 Å². The summed E-state index contributed by atoms with van der Waals surface area (Å²) in [4.78, 5) is 5.69. The highest BCUT2D eigenvalue weighted by Crippen LogP contribution is 2.22. The Bertz CT molecular complexity index is 577. The number of likely N-dealkylation sites (N-methyl/N-ethyl adjacent to an activating group) is 1. The van der Waals surface area contributed by atoms with Gasteiger partial charge in [-0.05, 0) is 40.3 Å². The summed E-state index contributed by atoms with van der Waals surface area (Å²) >= 11 is 1.70. The number of nitrogens with one attached hydrogen (secondary N) is 1. The van der Waals surface area contributed by atoms with E-state index < -0.39 is 0 Å². The van der Waals surface area contributed by atoms with Crippen molar-refractivity contribution < 1.29 is 0 Å². The Morgan fingerprint density at radius 3 is 2.94 bits per heavy atom. The number of aryl methyl sites for hydroxylation is 2. The average Bonchev–Trinajstić information content (AvgIpc) is 2.81. The van der Waals surface area contributed by atoms with Crippen molar-refractivity contribution in [1.29, 1.82) is 0 Å². The van der Waals surface area contributed by atoms with E-state index in [2.05, 4.69) is 60.8 Å². The summed E-state index contributed by atoms with van der Waals surface area (Å²) in [5.41, 5.74) is 4.91. The third-order valence-corrected chi connectivity index (χ3v) is 4.26. The van der Waals surface area contributed by atoms with Crippen molar-refractivity contribution in [2.75, 3.05) is 6.54 Å². The summed E-state index contributed by atoms with van der Waals surface area (Å²) in [6.07, 6.45) is 2.25. The number of hydrogen-bond acceptors (Lipinski definition) is 3. The van der Waals surface area contributed by atoms with Crippen LogP contribution in [-0.4, -0.2) is 22.0 Å². The van der Waals surface area contributed by atoms with Gasteiger partial charge in [-0.3, -0.25) is 4.40 Å². The Hall–Kier alpha value is -1.13. The second-order valence-corrected chi connectivity index (χ2v) is 5.58. The molecule has 98 valence electrons. The van der Waals surface area contributed by atoms with Gasteiger partial charge in [-0.2, -0.15) is 0 Å². The third kappa shape index (κ3) is 2.35. The average molecular weight is 263 g/mol. The first-order valence-electron chi connectivity index (χ1n) is 6.39. The quantitative estimate of drug-likeness (QED) is 0.916. The largest absolute Gasteiger partial charge is 0.311 e. The molecule has 0 aromatic carbocycles. The zero-order chi connectivity index (χ0) is 13.3. The molecule has 0 saturated carbocycles. The van der Waals surface area contributed by atoms with E-state index in [-0.39, 0.29) is 0 Å². The lowest BCUT2D eigenvalue weighted by Crippen LogP contribution is -2.26. The van der Waals surface area contributed by atoms with Crippen LogP contribution < -0.4 is 5.32 Å². The van der Waals surface area contributed by atoms with Crippen LogP contribution in [0.1, 0.15) is 37.9 Å². The van der Waals surface area contributed by atoms with Gasteiger partial charge in [0.2, 0.25) is 0 Å². The molecule has 1 atom stereocenters. The maximum absolute atomic E-state index is 4.61. The van der Waals surface area contributed by atoms with Crippen molar-refractivity contribution in [3.63, 3.8) is 0 Å². The Balaban J connectivity index is 2.44. The zero-order valence-electron chi connectivity index (χ0n) is 11.7.